The monoisotopic (exact) mass is 277 g/mol. The van der Waals surface area contributed by atoms with Crippen molar-refractivity contribution in [3.63, 3.8) is 0 Å². The van der Waals surface area contributed by atoms with E-state index in [0.29, 0.717) is 5.69 Å². The van der Waals surface area contributed by atoms with E-state index < -0.39 is 17.8 Å². The summed E-state index contributed by atoms with van der Waals surface area (Å²) in [5.74, 6) is -0.638. The SMILES string of the molecule is Cc1cc(C(F)(F)F)nn1C[C@@H](C)C(=O)NC(C)C. The minimum atomic E-state index is -4.46. The minimum Gasteiger partial charge on any atom is -0.354 e. The molecule has 1 aromatic rings. The summed E-state index contributed by atoms with van der Waals surface area (Å²) in [4.78, 5) is 11.7. The molecule has 0 bridgehead atoms. The van der Waals surface area contributed by atoms with E-state index in [9.17, 15) is 18.0 Å². The third kappa shape index (κ3) is 4.25. The standard InChI is InChI=1S/C12H18F3N3O/c1-7(2)16-11(19)8(3)6-18-9(4)5-10(17-18)12(13,14)15/h5,7-8H,6H2,1-4H3,(H,16,19)/t8-/m1/s1. The second-order valence-electron chi connectivity index (χ2n) is 4.92. The first-order chi connectivity index (χ1) is 8.61. The smallest absolute Gasteiger partial charge is 0.354 e. The molecule has 0 fully saturated rings. The molecule has 7 heteroatoms. The summed E-state index contributed by atoms with van der Waals surface area (Å²) in [5, 5.41) is 6.21. The summed E-state index contributed by atoms with van der Waals surface area (Å²) in [5.41, 5.74) is -0.544. The number of alkyl halides is 3. The number of hydrogen-bond donors (Lipinski definition) is 1. The Labute approximate surface area is 110 Å². The van der Waals surface area contributed by atoms with Crippen LogP contribution < -0.4 is 5.32 Å². The van der Waals surface area contributed by atoms with Crippen LogP contribution in [0, 0.1) is 12.8 Å². The van der Waals surface area contributed by atoms with Gasteiger partial charge in [-0.15, -0.1) is 0 Å². The van der Waals surface area contributed by atoms with Crippen LogP contribution in [0.1, 0.15) is 32.2 Å². The van der Waals surface area contributed by atoms with Gasteiger partial charge < -0.3 is 5.32 Å². The van der Waals surface area contributed by atoms with Gasteiger partial charge in [0.25, 0.3) is 0 Å². The van der Waals surface area contributed by atoms with Gasteiger partial charge in [0.1, 0.15) is 0 Å². The summed E-state index contributed by atoms with van der Waals surface area (Å²) in [6, 6.07) is 0.979. The Morgan fingerprint density at radius 1 is 1.42 bits per heavy atom. The molecule has 0 aromatic carbocycles. The molecular formula is C12H18F3N3O. The highest BCUT2D eigenvalue weighted by atomic mass is 19.4. The molecule has 0 spiro atoms. The van der Waals surface area contributed by atoms with E-state index in [1.165, 1.54) is 11.6 Å². The highest BCUT2D eigenvalue weighted by molar-refractivity contribution is 5.78. The maximum atomic E-state index is 12.5. The third-order valence-corrected chi connectivity index (χ3v) is 2.60. The van der Waals surface area contributed by atoms with Gasteiger partial charge in [0, 0.05) is 11.7 Å². The zero-order valence-corrected chi connectivity index (χ0v) is 11.4. The maximum absolute atomic E-state index is 12.5. The van der Waals surface area contributed by atoms with Crippen molar-refractivity contribution in [2.75, 3.05) is 0 Å². The van der Waals surface area contributed by atoms with Crippen LogP contribution >= 0.6 is 0 Å². The zero-order valence-electron chi connectivity index (χ0n) is 11.4. The number of halogens is 3. The molecule has 0 radical (unpaired) electrons. The Kier molecular flexibility index (Phi) is 4.60. The van der Waals surface area contributed by atoms with Crippen LogP contribution in [0.4, 0.5) is 13.2 Å². The first-order valence-electron chi connectivity index (χ1n) is 6.03. The molecule has 4 nitrogen and oxygen atoms in total. The first-order valence-corrected chi connectivity index (χ1v) is 6.03. The van der Waals surface area contributed by atoms with Gasteiger partial charge in [-0.25, -0.2) is 0 Å². The van der Waals surface area contributed by atoms with E-state index >= 15 is 0 Å². The number of aryl methyl sites for hydroxylation is 1. The summed E-state index contributed by atoms with van der Waals surface area (Å²) in [6.07, 6.45) is -4.46. The molecule has 0 aliphatic heterocycles. The molecule has 0 saturated heterocycles. The minimum absolute atomic E-state index is 0.000551. The quantitative estimate of drug-likeness (QED) is 0.918. The van der Waals surface area contributed by atoms with E-state index in [0.717, 1.165) is 6.07 Å². The molecule has 19 heavy (non-hydrogen) atoms. The van der Waals surface area contributed by atoms with E-state index in [1.807, 2.05) is 13.8 Å². The van der Waals surface area contributed by atoms with Gasteiger partial charge >= 0.3 is 6.18 Å². The Bertz CT molecular complexity index is 452. The Morgan fingerprint density at radius 3 is 2.42 bits per heavy atom. The van der Waals surface area contributed by atoms with Crippen molar-refractivity contribution >= 4 is 5.91 Å². The molecule has 0 aliphatic carbocycles. The molecule has 1 atom stereocenters. The number of aromatic nitrogens is 2. The summed E-state index contributed by atoms with van der Waals surface area (Å²) in [6.45, 7) is 6.97. The zero-order chi connectivity index (χ0) is 14.8. The molecule has 1 rings (SSSR count). The van der Waals surface area contributed by atoms with Crippen LogP contribution in [0.15, 0.2) is 6.07 Å². The lowest BCUT2D eigenvalue weighted by molar-refractivity contribution is -0.141. The van der Waals surface area contributed by atoms with E-state index in [1.54, 1.807) is 6.92 Å². The average molecular weight is 277 g/mol. The number of rotatable bonds is 4. The molecule has 1 amide bonds. The highest BCUT2D eigenvalue weighted by Gasteiger charge is 2.34. The van der Waals surface area contributed by atoms with Crippen molar-refractivity contribution in [1.29, 1.82) is 0 Å². The Balaban J connectivity index is 2.77. The summed E-state index contributed by atoms with van der Waals surface area (Å²) in [7, 11) is 0. The average Bonchev–Trinajstić information content (AvgIpc) is 2.58. The summed E-state index contributed by atoms with van der Waals surface area (Å²) >= 11 is 0. The second-order valence-corrected chi connectivity index (χ2v) is 4.92. The van der Waals surface area contributed by atoms with Crippen molar-refractivity contribution in [1.82, 2.24) is 15.1 Å². The number of carbonyl (C=O) groups is 1. The topological polar surface area (TPSA) is 46.9 Å². The lowest BCUT2D eigenvalue weighted by Crippen LogP contribution is -2.36. The molecule has 0 aliphatic rings. The van der Waals surface area contributed by atoms with Crippen LogP contribution in [0.2, 0.25) is 0 Å². The Hall–Kier alpha value is -1.53. The molecular weight excluding hydrogens is 259 g/mol. The largest absolute Gasteiger partial charge is 0.435 e. The number of nitrogens with one attached hydrogen (secondary N) is 1. The molecule has 0 unspecified atom stereocenters. The van der Waals surface area contributed by atoms with E-state index in [2.05, 4.69) is 10.4 Å². The molecule has 1 N–H and O–H groups in total. The number of nitrogens with zero attached hydrogens (tertiary/aromatic N) is 2. The lowest BCUT2D eigenvalue weighted by Gasteiger charge is -2.15. The highest BCUT2D eigenvalue weighted by Crippen LogP contribution is 2.28. The second kappa shape index (κ2) is 5.63. The lowest BCUT2D eigenvalue weighted by atomic mass is 10.1. The van der Waals surface area contributed by atoms with Gasteiger partial charge in [-0.05, 0) is 26.8 Å². The predicted octanol–water partition coefficient (Wildman–Crippen LogP) is 2.37. The van der Waals surface area contributed by atoms with Crippen LogP contribution in [0.3, 0.4) is 0 Å². The maximum Gasteiger partial charge on any atom is 0.435 e. The number of carbonyl (C=O) groups excluding carboxylic acids is 1. The fraction of sp³-hybridized carbons (Fsp3) is 0.667. The molecule has 1 heterocycles. The van der Waals surface area contributed by atoms with Crippen molar-refractivity contribution in [2.45, 2.75) is 46.5 Å². The fourth-order valence-corrected chi connectivity index (χ4v) is 1.60. The van der Waals surface area contributed by atoms with Gasteiger partial charge in [0.15, 0.2) is 5.69 Å². The van der Waals surface area contributed by atoms with Gasteiger partial charge in [0.05, 0.1) is 12.5 Å². The van der Waals surface area contributed by atoms with Gasteiger partial charge in [-0.2, -0.15) is 18.3 Å². The van der Waals surface area contributed by atoms with E-state index in [4.69, 9.17) is 0 Å². The molecule has 1 aromatic heterocycles. The van der Waals surface area contributed by atoms with Gasteiger partial charge in [-0.1, -0.05) is 6.92 Å². The van der Waals surface area contributed by atoms with Gasteiger partial charge in [0.2, 0.25) is 5.91 Å². The number of amides is 1. The van der Waals surface area contributed by atoms with Crippen molar-refractivity contribution in [3.05, 3.63) is 17.5 Å². The van der Waals surface area contributed by atoms with E-state index in [-0.39, 0.29) is 18.5 Å². The first kappa shape index (κ1) is 15.5. The normalized spacial score (nSPS) is 13.7. The van der Waals surface area contributed by atoms with Crippen molar-refractivity contribution in [3.8, 4) is 0 Å². The molecule has 0 saturated carbocycles. The summed E-state index contributed by atoms with van der Waals surface area (Å²) < 4.78 is 38.7. The third-order valence-electron chi connectivity index (χ3n) is 2.60. The molecule has 108 valence electrons. The number of hydrogen-bond acceptors (Lipinski definition) is 2. The van der Waals surface area contributed by atoms with Crippen LogP contribution in [0.5, 0.6) is 0 Å². The van der Waals surface area contributed by atoms with Crippen LogP contribution in [0.25, 0.3) is 0 Å². The Morgan fingerprint density at radius 2 is 2.00 bits per heavy atom. The fourth-order valence-electron chi connectivity index (χ4n) is 1.60. The van der Waals surface area contributed by atoms with Crippen LogP contribution in [-0.2, 0) is 17.5 Å². The van der Waals surface area contributed by atoms with Gasteiger partial charge in [-0.3, -0.25) is 9.48 Å². The van der Waals surface area contributed by atoms with Crippen molar-refractivity contribution in [2.24, 2.45) is 5.92 Å². The van der Waals surface area contributed by atoms with Crippen molar-refractivity contribution < 1.29 is 18.0 Å². The van der Waals surface area contributed by atoms with Crippen LogP contribution in [-0.4, -0.2) is 21.7 Å². The predicted molar refractivity (Wildman–Crippen MR) is 64.4 cm³/mol.